The third kappa shape index (κ3) is 3.85. The number of carbonyl (C=O) groups excluding carboxylic acids is 2. The molecule has 3 aromatic rings. The Hall–Kier alpha value is -3.12. The van der Waals surface area contributed by atoms with Gasteiger partial charge in [0.2, 0.25) is 5.91 Å². The van der Waals surface area contributed by atoms with Gasteiger partial charge < -0.3 is 11.1 Å². The van der Waals surface area contributed by atoms with E-state index in [4.69, 9.17) is 17.3 Å². The highest BCUT2D eigenvalue weighted by Gasteiger charge is 2.21. The fourth-order valence-corrected chi connectivity index (χ4v) is 2.93. The van der Waals surface area contributed by atoms with Crippen LogP contribution < -0.4 is 11.1 Å². The number of aromatic nitrogens is 2. The van der Waals surface area contributed by atoms with Crippen LogP contribution in [0.4, 0.5) is 0 Å². The zero-order valence-corrected chi connectivity index (χ0v) is 15.7. The fraction of sp³-hybridized carbons (Fsp3) is 0.150. The van der Waals surface area contributed by atoms with E-state index >= 15 is 0 Å². The molecule has 1 atom stereocenters. The molecule has 0 spiro atoms. The zero-order chi connectivity index (χ0) is 19.6. The predicted octanol–water partition coefficient (Wildman–Crippen LogP) is 3.10. The molecule has 0 bridgehead atoms. The van der Waals surface area contributed by atoms with Gasteiger partial charge in [-0.1, -0.05) is 41.9 Å². The molecule has 3 rings (SSSR count). The molecule has 0 fully saturated rings. The molecule has 0 unspecified atom stereocenters. The minimum atomic E-state index is -0.895. The van der Waals surface area contributed by atoms with Crippen molar-refractivity contribution in [1.82, 2.24) is 15.1 Å². The van der Waals surface area contributed by atoms with Crippen molar-refractivity contribution in [2.75, 3.05) is 0 Å². The van der Waals surface area contributed by atoms with Crippen molar-refractivity contribution >= 4 is 23.4 Å². The van der Waals surface area contributed by atoms with Crippen molar-refractivity contribution in [2.24, 2.45) is 5.73 Å². The predicted molar refractivity (Wildman–Crippen MR) is 104 cm³/mol. The summed E-state index contributed by atoms with van der Waals surface area (Å²) in [5.74, 6) is -1.01. The van der Waals surface area contributed by atoms with Gasteiger partial charge in [-0.05, 0) is 43.7 Å². The highest BCUT2D eigenvalue weighted by Crippen LogP contribution is 2.22. The number of hydrogen-bond donors (Lipinski definition) is 2. The van der Waals surface area contributed by atoms with Gasteiger partial charge in [-0.2, -0.15) is 5.10 Å². The molecule has 2 aromatic carbocycles. The van der Waals surface area contributed by atoms with Crippen LogP contribution >= 0.6 is 11.6 Å². The smallest absolute Gasteiger partial charge is 0.252 e. The summed E-state index contributed by atoms with van der Waals surface area (Å²) in [6.07, 6.45) is 0. The number of halogens is 1. The van der Waals surface area contributed by atoms with Gasteiger partial charge in [-0.15, -0.1) is 0 Å². The molecule has 6 nitrogen and oxygen atoms in total. The number of rotatable bonds is 5. The number of primary amides is 1. The summed E-state index contributed by atoms with van der Waals surface area (Å²) in [6, 6.07) is 14.9. The second-order valence-electron chi connectivity index (χ2n) is 6.16. The number of nitrogens with two attached hydrogens (primary N) is 1. The lowest BCUT2D eigenvalue weighted by molar-refractivity contribution is -0.120. The first-order valence-corrected chi connectivity index (χ1v) is 8.73. The van der Waals surface area contributed by atoms with Crippen LogP contribution in [0.3, 0.4) is 0 Å². The Morgan fingerprint density at radius 3 is 2.22 bits per heavy atom. The van der Waals surface area contributed by atoms with Crippen molar-refractivity contribution in [2.45, 2.75) is 19.9 Å². The first-order valence-electron chi connectivity index (χ1n) is 8.35. The molecular formula is C20H19ClN4O2. The quantitative estimate of drug-likeness (QED) is 0.710. The van der Waals surface area contributed by atoms with Gasteiger partial charge in [0.15, 0.2) is 0 Å². The van der Waals surface area contributed by atoms with Crippen LogP contribution in [0.15, 0.2) is 54.6 Å². The van der Waals surface area contributed by atoms with E-state index in [1.54, 1.807) is 53.2 Å². The first-order chi connectivity index (χ1) is 12.9. The molecule has 0 aliphatic carbocycles. The number of nitrogens with zero attached hydrogens (tertiary/aromatic N) is 2. The van der Waals surface area contributed by atoms with Crippen molar-refractivity contribution in [3.05, 3.63) is 82.1 Å². The lowest BCUT2D eigenvalue weighted by Gasteiger charge is -2.16. The maximum absolute atomic E-state index is 12.5. The van der Waals surface area contributed by atoms with Crippen molar-refractivity contribution in [3.63, 3.8) is 0 Å². The Kier molecular flexibility index (Phi) is 5.28. The Labute approximate surface area is 161 Å². The Bertz CT molecular complexity index is 981. The average molecular weight is 383 g/mol. The second kappa shape index (κ2) is 7.63. The maximum Gasteiger partial charge on any atom is 0.252 e. The van der Waals surface area contributed by atoms with E-state index in [9.17, 15) is 9.59 Å². The Balaban J connectivity index is 1.81. The van der Waals surface area contributed by atoms with Gasteiger partial charge in [0.05, 0.1) is 22.1 Å². The number of amides is 2. The fourth-order valence-electron chi connectivity index (χ4n) is 2.81. The van der Waals surface area contributed by atoms with E-state index in [0.717, 1.165) is 17.1 Å². The molecule has 0 aliphatic rings. The maximum atomic E-state index is 12.5. The summed E-state index contributed by atoms with van der Waals surface area (Å²) in [4.78, 5) is 24.3. The van der Waals surface area contributed by atoms with Crippen LogP contribution in [0.25, 0.3) is 5.69 Å². The van der Waals surface area contributed by atoms with Gasteiger partial charge in [-0.3, -0.25) is 9.59 Å². The molecule has 0 saturated heterocycles. The van der Waals surface area contributed by atoms with Crippen LogP contribution in [0, 0.1) is 13.8 Å². The van der Waals surface area contributed by atoms with E-state index < -0.39 is 11.9 Å². The first kappa shape index (κ1) is 18.7. The Morgan fingerprint density at radius 2 is 1.70 bits per heavy atom. The molecule has 27 heavy (non-hydrogen) atoms. The molecule has 2 amide bonds. The van der Waals surface area contributed by atoms with E-state index in [1.165, 1.54) is 0 Å². The molecule has 7 heteroatoms. The third-order valence-electron chi connectivity index (χ3n) is 4.27. The lowest BCUT2D eigenvalue weighted by atomic mass is 10.1. The van der Waals surface area contributed by atoms with E-state index in [2.05, 4.69) is 10.4 Å². The van der Waals surface area contributed by atoms with Crippen LogP contribution in [0.2, 0.25) is 5.02 Å². The SMILES string of the molecule is Cc1nn(-c2ccc(C(=O)N[C@H](C(N)=O)c3ccccc3)cc2)c(C)c1Cl. The van der Waals surface area contributed by atoms with E-state index in [-0.39, 0.29) is 5.91 Å². The van der Waals surface area contributed by atoms with Crippen LogP contribution in [-0.2, 0) is 4.79 Å². The molecule has 0 radical (unpaired) electrons. The van der Waals surface area contributed by atoms with Gasteiger partial charge in [-0.25, -0.2) is 4.68 Å². The zero-order valence-electron chi connectivity index (χ0n) is 14.9. The summed E-state index contributed by atoms with van der Waals surface area (Å²) < 4.78 is 1.72. The molecule has 0 saturated carbocycles. The van der Waals surface area contributed by atoms with Crippen LogP contribution in [0.5, 0.6) is 0 Å². The number of aryl methyl sites for hydroxylation is 1. The molecular weight excluding hydrogens is 364 g/mol. The second-order valence-corrected chi connectivity index (χ2v) is 6.54. The van der Waals surface area contributed by atoms with Crippen molar-refractivity contribution in [1.29, 1.82) is 0 Å². The number of carbonyl (C=O) groups is 2. The van der Waals surface area contributed by atoms with Gasteiger partial charge in [0.25, 0.3) is 5.91 Å². The highest BCUT2D eigenvalue weighted by atomic mass is 35.5. The highest BCUT2D eigenvalue weighted by molar-refractivity contribution is 6.31. The van der Waals surface area contributed by atoms with Crippen LogP contribution in [-0.4, -0.2) is 21.6 Å². The van der Waals surface area contributed by atoms with E-state index in [0.29, 0.717) is 16.1 Å². The van der Waals surface area contributed by atoms with Crippen LogP contribution in [0.1, 0.15) is 33.4 Å². The summed E-state index contributed by atoms with van der Waals surface area (Å²) in [6.45, 7) is 3.71. The molecule has 138 valence electrons. The van der Waals surface area contributed by atoms with E-state index in [1.807, 2.05) is 19.9 Å². The summed E-state index contributed by atoms with van der Waals surface area (Å²) >= 11 is 6.18. The minimum Gasteiger partial charge on any atom is -0.368 e. The van der Waals surface area contributed by atoms with Gasteiger partial charge in [0.1, 0.15) is 6.04 Å². The normalized spacial score (nSPS) is 11.8. The monoisotopic (exact) mass is 382 g/mol. The largest absolute Gasteiger partial charge is 0.368 e. The van der Waals surface area contributed by atoms with Crippen molar-refractivity contribution < 1.29 is 9.59 Å². The summed E-state index contributed by atoms with van der Waals surface area (Å²) in [5.41, 5.74) is 8.84. The molecule has 1 heterocycles. The standard InChI is InChI=1S/C20H19ClN4O2/c1-12-17(21)13(2)25(24-12)16-10-8-15(9-11-16)20(27)23-18(19(22)26)14-6-4-3-5-7-14/h3-11,18H,1-2H3,(H2,22,26)(H,23,27)/t18-/m0/s1. The number of nitrogens with one attached hydrogen (secondary N) is 1. The summed E-state index contributed by atoms with van der Waals surface area (Å²) in [7, 11) is 0. The third-order valence-corrected chi connectivity index (χ3v) is 4.82. The lowest BCUT2D eigenvalue weighted by Crippen LogP contribution is -2.37. The molecule has 0 aliphatic heterocycles. The van der Waals surface area contributed by atoms with Gasteiger partial charge in [0, 0.05) is 5.56 Å². The average Bonchev–Trinajstić information content (AvgIpc) is 2.94. The number of benzene rings is 2. The molecule has 1 aromatic heterocycles. The Morgan fingerprint density at radius 1 is 1.07 bits per heavy atom. The topological polar surface area (TPSA) is 90.0 Å². The minimum absolute atomic E-state index is 0.388. The van der Waals surface area contributed by atoms with Gasteiger partial charge >= 0.3 is 0 Å². The summed E-state index contributed by atoms with van der Waals surface area (Å²) in [5, 5.41) is 7.68. The van der Waals surface area contributed by atoms with Crippen molar-refractivity contribution in [3.8, 4) is 5.69 Å². The molecule has 3 N–H and O–H groups in total. The number of hydrogen-bond acceptors (Lipinski definition) is 3.